The van der Waals surface area contributed by atoms with Crippen molar-refractivity contribution in [2.24, 2.45) is 0 Å². The molecule has 0 amide bonds. The summed E-state index contributed by atoms with van der Waals surface area (Å²) in [7, 11) is 0. The SMILES string of the molecule is CC(C)NC(CCC(=O)O)Cc1ccccc1. The van der Waals surface area contributed by atoms with E-state index in [0.717, 1.165) is 6.42 Å². The second kappa shape index (κ2) is 7.07. The summed E-state index contributed by atoms with van der Waals surface area (Å²) in [6.45, 7) is 4.16. The molecule has 1 aromatic carbocycles. The Morgan fingerprint density at radius 3 is 2.47 bits per heavy atom. The lowest BCUT2D eigenvalue weighted by Gasteiger charge is -2.20. The van der Waals surface area contributed by atoms with E-state index in [1.165, 1.54) is 5.56 Å². The molecule has 1 rings (SSSR count). The summed E-state index contributed by atoms with van der Waals surface area (Å²) in [5.74, 6) is -0.728. The van der Waals surface area contributed by atoms with E-state index >= 15 is 0 Å². The monoisotopic (exact) mass is 235 g/mol. The van der Waals surface area contributed by atoms with Gasteiger partial charge in [0.25, 0.3) is 0 Å². The first-order valence-corrected chi connectivity index (χ1v) is 6.09. The lowest BCUT2D eigenvalue weighted by molar-refractivity contribution is -0.137. The fraction of sp³-hybridized carbons (Fsp3) is 0.500. The van der Waals surface area contributed by atoms with Crippen LogP contribution < -0.4 is 5.32 Å². The minimum atomic E-state index is -0.728. The second-order valence-electron chi connectivity index (χ2n) is 4.64. The predicted molar refractivity (Wildman–Crippen MR) is 69.1 cm³/mol. The van der Waals surface area contributed by atoms with Gasteiger partial charge in [-0.05, 0) is 18.4 Å². The third kappa shape index (κ3) is 6.07. The lowest BCUT2D eigenvalue weighted by atomic mass is 10.0. The number of rotatable bonds is 7. The highest BCUT2D eigenvalue weighted by Gasteiger charge is 2.12. The number of benzene rings is 1. The molecule has 0 aliphatic rings. The van der Waals surface area contributed by atoms with Crippen LogP contribution in [0.3, 0.4) is 0 Å². The predicted octanol–water partition coefficient (Wildman–Crippen LogP) is 2.46. The second-order valence-corrected chi connectivity index (χ2v) is 4.64. The van der Waals surface area contributed by atoms with Crippen LogP contribution in [-0.4, -0.2) is 23.2 Å². The molecule has 0 spiro atoms. The molecule has 0 bridgehead atoms. The zero-order valence-corrected chi connectivity index (χ0v) is 10.5. The molecule has 0 aliphatic carbocycles. The van der Waals surface area contributed by atoms with Gasteiger partial charge in [-0.1, -0.05) is 44.2 Å². The molecule has 0 heterocycles. The molecule has 17 heavy (non-hydrogen) atoms. The quantitative estimate of drug-likeness (QED) is 0.763. The van der Waals surface area contributed by atoms with Gasteiger partial charge in [-0.15, -0.1) is 0 Å². The Labute approximate surface area is 103 Å². The first-order valence-electron chi connectivity index (χ1n) is 6.09. The highest BCUT2D eigenvalue weighted by molar-refractivity contribution is 5.66. The van der Waals surface area contributed by atoms with Gasteiger partial charge < -0.3 is 10.4 Å². The zero-order chi connectivity index (χ0) is 12.7. The summed E-state index contributed by atoms with van der Waals surface area (Å²) in [5, 5.41) is 12.2. The summed E-state index contributed by atoms with van der Waals surface area (Å²) in [6.07, 6.45) is 1.77. The maximum absolute atomic E-state index is 10.6. The minimum Gasteiger partial charge on any atom is -0.481 e. The molecule has 0 saturated carbocycles. The molecule has 3 heteroatoms. The molecular formula is C14H21NO2. The molecule has 2 N–H and O–H groups in total. The number of hydrogen-bond acceptors (Lipinski definition) is 2. The maximum atomic E-state index is 10.6. The van der Waals surface area contributed by atoms with E-state index < -0.39 is 5.97 Å². The zero-order valence-electron chi connectivity index (χ0n) is 10.5. The van der Waals surface area contributed by atoms with Gasteiger partial charge in [-0.2, -0.15) is 0 Å². The smallest absolute Gasteiger partial charge is 0.303 e. The Morgan fingerprint density at radius 1 is 1.29 bits per heavy atom. The molecule has 0 aromatic heterocycles. The highest BCUT2D eigenvalue weighted by atomic mass is 16.4. The van der Waals surface area contributed by atoms with Crippen LogP contribution in [0.5, 0.6) is 0 Å². The van der Waals surface area contributed by atoms with Crippen LogP contribution in [-0.2, 0) is 11.2 Å². The highest BCUT2D eigenvalue weighted by Crippen LogP contribution is 2.08. The van der Waals surface area contributed by atoms with E-state index in [2.05, 4.69) is 31.3 Å². The van der Waals surface area contributed by atoms with Gasteiger partial charge in [0.15, 0.2) is 0 Å². The van der Waals surface area contributed by atoms with Crippen LogP contribution in [0.2, 0.25) is 0 Å². The molecule has 0 aliphatic heterocycles. The van der Waals surface area contributed by atoms with Gasteiger partial charge in [0, 0.05) is 18.5 Å². The van der Waals surface area contributed by atoms with E-state index in [9.17, 15) is 4.79 Å². The number of aliphatic carboxylic acids is 1. The number of carboxylic acids is 1. The van der Waals surface area contributed by atoms with E-state index in [4.69, 9.17) is 5.11 Å². The summed E-state index contributed by atoms with van der Waals surface area (Å²) in [6, 6.07) is 10.8. The summed E-state index contributed by atoms with van der Waals surface area (Å²) in [5.41, 5.74) is 1.25. The number of hydrogen-bond donors (Lipinski definition) is 2. The molecular weight excluding hydrogens is 214 g/mol. The van der Waals surface area contributed by atoms with Crippen molar-refractivity contribution < 1.29 is 9.90 Å². The van der Waals surface area contributed by atoms with Crippen LogP contribution in [0.1, 0.15) is 32.3 Å². The molecule has 1 unspecified atom stereocenters. The van der Waals surface area contributed by atoms with Crippen molar-refractivity contribution in [1.82, 2.24) is 5.32 Å². The fourth-order valence-electron chi connectivity index (χ4n) is 1.91. The number of nitrogens with one attached hydrogen (secondary N) is 1. The van der Waals surface area contributed by atoms with Gasteiger partial charge in [-0.3, -0.25) is 4.79 Å². The molecule has 0 radical (unpaired) electrons. The topological polar surface area (TPSA) is 49.3 Å². The van der Waals surface area contributed by atoms with Gasteiger partial charge in [0.2, 0.25) is 0 Å². The maximum Gasteiger partial charge on any atom is 0.303 e. The Bertz CT molecular complexity index is 335. The Morgan fingerprint density at radius 2 is 1.94 bits per heavy atom. The normalized spacial score (nSPS) is 12.6. The van der Waals surface area contributed by atoms with Crippen LogP contribution in [0, 0.1) is 0 Å². The Balaban J connectivity index is 2.53. The first-order chi connectivity index (χ1) is 8.08. The molecule has 1 atom stereocenters. The number of carbonyl (C=O) groups is 1. The average molecular weight is 235 g/mol. The van der Waals surface area contributed by atoms with Crippen LogP contribution in [0.15, 0.2) is 30.3 Å². The minimum absolute atomic E-state index is 0.219. The van der Waals surface area contributed by atoms with E-state index in [0.29, 0.717) is 12.5 Å². The third-order valence-corrected chi connectivity index (χ3v) is 2.60. The third-order valence-electron chi connectivity index (χ3n) is 2.60. The fourth-order valence-corrected chi connectivity index (χ4v) is 1.91. The van der Waals surface area contributed by atoms with Crippen molar-refractivity contribution in [3.8, 4) is 0 Å². The van der Waals surface area contributed by atoms with Crippen LogP contribution in [0.4, 0.5) is 0 Å². The number of carboxylic acid groups (broad SMARTS) is 1. The van der Waals surface area contributed by atoms with Crippen molar-refractivity contribution in [2.45, 2.75) is 45.2 Å². The Hall–Kier alpha value is -1.35. The van der Waals surface area contributed by atoms with Crippen molar-refractivity contribution in [3.05, 3.63) is 35.9 Å². The summed E-state index contributed by atoms with van der Waals surface area (Å²) >= 11 is 0. The summed E-state index contributed by atoms with van der Waals surface area (Å²) in [4.78, 5) is 10.6. The van der Waals surface area contributed by atoms with Gasteiger partial charge >= 0.3 is 5.97 Å². The standard InChI is InChI=1S/C14H21NO2/c1-11(2)15-13(8-9-14(16)17)10-12-6-4-3-5-7-12/h3-7,11,13,15H,8-10H2,1-2H3,(H,16,17). The summed E-state index contributed by atoms with van der Waals surface area (Å²) < 4.78 is 0. The van der Waals surface area contributed by atoms with Gasteiger partial charge in [-0.25, -0.2) is 0 Å². The van der Waals surface area contributed by atoms with E-state index in [1.54, 1.807) is 0 Å². The molecule has 0 saturated heterocycles. The van der Waals surface area contributed by atoms with E-state index in [1.807, 2.05) is 18.2 Å². The van der Waals surface area contributed by atoms with Crippen LogP contribution in [0.25, 0.3) is 0 Å². The first kappa shape index (κ1) is 13.7. The molecule has 1 aromatic rings. The van der Waals surface area contributed by atoms with Crippen molar-refractivity contribution in [2.75, 3.05) is 0 Å². The van der Waals surface area contributed by atoms with Crippen LogP contribution >= 0.6 is 0 Å². The van der Waals surface area contributed by atoms with Crippen molar-refractivity contribution in [1.29, 1.82) is 0 Å². The van der Waals surface area contributed by atoms with Gasteiger partial charge in [0.1, 0.15) is 0 Å². The molecule has 0 fully saturated rings. The lowest BCUT2D eigenvalue weighted by Crippen LogP contribution is -2.36. The largest absolute Gasteiger partial charge is 0.481 e. The van der Waals surface area contributed by atoms with E-state index in [-0.39, 0.29) is 12.5 Å². The molecule has 94 valence electrons. The average Bonchev–Trinajstić information content (AvgIpc) is 2.26. The Kier molecular flexibility index (Phi) is 5.70. The van der Waals surface area contributed by atoms with Crippen molar-refractivity contribution in [3.63, 3.8) is 0 Å². The van der Waals surface area contributed by atoms with Gasteiger partial charge in [0.05, 0.1) is 0 Å². The molecule has 3 nitrogen and oxygen atoms in total. The van der Waals surface area contributed by atoms with Crippen molar-refractivity contribution >= 4 is 5.97 Å².